The quantitative estimate of drug-likeness (QED) is 0.755. The van der Waals surface area contributed by atoms with Crippen LogP contribution < -0.4 is 4.74 Å². The fourth-order valence-corrected chi connectivity index (χ4v) is 1.15. The van der Waals surface area contributed by atoms with E-state index in [4.69, 9.17) is 21.4 Å². The second-order valence-electron chi connectivity index (χ2n) is 3.11. The molecule has 1 aliphatic carbocycles. The first kappa shape index (κ1) is 8.78. The van der Waals surface area contributed by atoms with Gasteiger partial charge in [0.1, 0.15) is 0 Å². The van der Waals surface area contributed by atoms with Crippen LogP contribution in [0.1, 0.15) is 18.4 Å². The molecule has 0 spiro atoms. The van der Waals surface area contributed by atoms with Crippen LogP contribution in [0.2, 0.25) is 5.15 Å². The molecule has 4 heteroatoms. The first-order valence-electron chi connectivity index (χ1n) is 4.21. The van der Waals surface area contributed by atoms with Crippen LogP contribution in [0.4, 0.5) is 0 Å². The Bertz CT molecular complexity index is 312. The van der Waals surface area contributed by atoms with Crippen molar-refractivity contribution < 1.29 is 9.84 Å². The van der Waals surface area contributed by atoms with Gasteiger partial charge in [-0.15, -0.1) is 0 Å². The van der Waals surface area contributed by atoms with Crippen molar-refractivity contribution in [2.24, 2.45) is 0 Å². The maximum Gasteiger partial charge on any atom is 0.171 e. The minimum Gasteiger partial charge on any atom is -0.487 e. The molecule has 1 fully saturated rings. The number of hydrogen-bond acceptors (Lipinski definition) is 3. The lowest BCUT2D eigenvalue weighted by atomic mass is 10.3. The van der Waals surface area contributed by atoms with Gasteiger partial charge in [-0.05, 0) is 24.5 Å². The number of nitrogens with zero attached hydrogens (tertiary/aromatic N) is 1. The minimum absolute atomic E-state index is 0.0365. The van der Waals surface area contributed by atoms with Crippen molar-refractivity contribution in [1.82, 2.24) is 4.98 Å². The summed E-state index contributed by atoms with van der Waals surface area (Å²) < 4.78 is 5.49. The highest BCUT2D eigenvalue weighted by atomic mass is 35.5. The van der Waals surface area contributed by atoms with Gasteiger partial charge in [-0.1, -0.05) is 11.6 Å². The summed E-state index contributed by atoms with van der Waals surface area (Å²) in [6, 6.07) is 1.73. The fourth-order valence-electron chi connectivity index (χ4n) is 1.00. The lowest BCUT2D eigenvalue weighted by Crippen LogP contribution is -1.98. The van der Waals surface area contributed by atoms with E-state index < -0.39 is 0 Å². The highest BCUT2D eigenvalue weighted by Gasteiger charge is 2.24. The second kappa shape index (κ2) is 3.52. The average Bonchev–Trinajstić information content (AvgIpc) is 2.93. The van der Waals surface area contributed by atoms with Crippen molar-refractivity contribution in [1.29, 1.82) is 0 Å². The zero-order valence-corrected chi connectivity index (χ0v) is 7.79. The van der Waals surface area contributed by atoms with E-state index in [0.29, 0.717) is 17.0 Å². The van der Waals surface area contributed by atoms with Gasteiger partial charge >= 0.3 is 0 Å². The number of ether oxygens (including phenoxy) is 1. The third-order valence-corrected chi connectivity index (χ3v) is 2.15. The standard InChI is InChI=1S/C9H10ClNO2/c10-9-8(13-7-1-2-7)3-6(5-12)4-11-9/h3-4,7,12H,1-2,5H2. The number of aliphatic hydroxyl groups is 1. The van der Waals surface area contributed by atoms with Crippen molar-refractivity contribution in [3.63, 3.8) is 0 Å². The van der Waals surface area contributed by atoms with Crippen LogP contribution in [-0.2, 0) is 6.61 Å². The summed E-state index contributed by atoms with van der Waals surface area (Å²) >= 11 is 5.81. The Labute approximate surface area is 81.3 Å². The SMILES string of the molecule is OCc1cnc(Cl)c(OC2CC2)c1. The largest absolute Gasteiger partial charge is 0.487 e. The van der Waals surface area contributed by atoms with E-state index >= 15 is 0 Å². The molecule has 0 amide bonds. The number of pyridine rings is 1. The van der Waals surface area contributed by atoms with Crippen LogP contribution >= 0.6 is 11.6 Å². The molecule has 0 aromatic carbocycles. The number of hydrogen-bond donors (Lipinski definition) is 1. The molecule has 0 bridgehead atoms. The number of rotatable bonds is 3. The Balaban J connectivity index is 2.19. The summed E-state index contributed by atoms with van der Waals surface area (Å²) in [6.45, 7) is -0.0365. The number of aromatic nitrogens is 1. The molecule has 1 aliphatic rings. The normalized spacial score (nSPS) is 15.8. The van der Waals surface area contributed by atoms with E-state index in [9.17, 15) is 0 Å². The number of halogens is 1. The predicted molar refractivity (Wildman–Crippen MR) is 48.8 cm³/mol. The van der Waals surface area contributed by atoms with Gasteiger partial charge in [-0.3, -0.25) is 0 Å². The van der Waals surface area contributed by atoms with Crippen LogP contribution in [0.15, 0.2) is 12.3 Å². The van der Waals surface area contributed by atoms with Crippen LogP contribution in [0.25, 0.3) is 0 Å². The molecule has 0 atom stereocenters. The van der Waals surface area contributed by atoms with Gasteiger partial charge in [0, 0.05) is 6.20 Å². The van der Waals surface area contributed by atoms with E-state index in [1.54, 1.807) is 12.3 Å². The summed E-state index contributed by atoms with van der Waals surface area (Å²) in [7, 11) is 0. The predicted octanol–water partition coefficient (Wildman–Crippen LogP) is 1.77. The van der Waals surface area contributed by atoms with Gasteiger partial charge in [0.2, 0.25) is 0 Å². The molecule has 1 heterocycles. The van der Waals surface area contributed by atoms with Crippen molar-refractivity contribution in [3.8, 4) is 5.75 Å². The van der Waals surface area contributed by atoms with Crippen LogP contribution in [0.3, 0.4) is 0 Å². The second-order valence-corrected chi connectivity index (χ2v) is 3.47. The number of aliphatic hydroxyl groups excluding tert-OH is 1. The van der Waals surface area contributed by atoms with Gasteiger partial charge < -0.3 is 9.84 Å². The Hall–Kier alpha value is -0.800. The van der Waals surface area contributed by atoms with Crippen molar-refractivity contribution in [2.45, 2.75) is 25.6 Å². The van der Waals surface area contributed by atoms with Crippen LogP contribution in [0, 0.1) is 0 Å². The molecule has 1 aromatic heterocycles. The Kier molecular flexibility index (Phi) is 2.38. The first-order valence-corrected chi connectivity index (χ1v) is 4.59. The van der Waals surface area contributed by atoms with Gasteiger partial charge in [0.15, 0.2) is 10.9 Å². The first-order chi connectivity index (χ1) is 6.29. The van der Waals surface area contributed by atoms with Crippen molar-refractivity contribution in [3.05, 3.63) is 23.0 Å². The molecule has 2 rings (SSSR count). The van der Waals surface area contributed by atoms with E-state index in [1.165, 1.54) is 0 Å². The molecule has 1 N–H and O–H groups in total. The smallest absolute Gasteiger partial charge is 0.171 e. The summed E-state index contributed by atoms with van der Waals surface area (Å²) in [5.41, 5.74) is 0.722. The molecule has 1 aromatic rings. The van der Waals surface area contributed by atoms with Gasteiger partial charge in [-0.25, -0.2) is 4.98 Å². The molecule has 0 aliphatic heterocycles. The molecular weight excluding hydrogens is 190 g/mol. The van der Waals surface area contributed by atoms with E-state index in [-0.39, 0.29) is 6.61 Å². The summed E-state index contributed by atoms with van der Waals surface area (Å²) in [4.78, 5) is 3.91. The lowest BCUT2D eigenvalue weighted by molar-refractivity contribution is 0.276. The van der Waals surface area contributed by atoms with Gasteiger partial charge in [0.05, 0.1) is 12.7 Å². The third kappa shape index (κ3) is 2.11. The van der Waals surface area contributed by atoms with E-state index in [1.807, 2.05) is 0 Å². The van der Waals surface area contributed by atoms with Gasteiger partial charge in [0.25, 0.3) is 0 Å². The zero-order chi connectivity index (χ0) is 9.26. The summed E-state index contributed by atoms with van der Waals surface area (Å²) in [5, 5.41) is 9.23. The maximum atomic E-state index is 8.86. The highest BCUT2D eigenvalue weighted by molar-refractivity contribution is 6.30. The monoisotopic (exact) mass is 199 g/mol. The Morgan fingerprint density at radius 1 is 1.62 bits per heavy atom. The molecule has 0 radical (unpaired) electrons. The Morgan fingerprint density at radius 2 is 2.38 bits per heavy atom. The molecule has 0 saturated heterocycles. The van der Waals surface area contributed by atoms with E-state index in [0.717, 1.165) is 18.4 Å². The highest BCUT2D eigenvalue weighted by Crippen LogP contribution is 2.31. The molecule has 0 unspecified atom stereocenters. The molecular formula is C9H10ClNO2. The average molecular weight is 200 g/mol. The zero-order valence-electron chi connectivity index (χ0n) is 7.03. The molecule has 3 nitrogen and oxygen atoms in total. The summed E-state index contributed by atoms with van der Waals surface area (Å²) in [6.07, 6.45) is 4.01. The lowest BCUT2D eigenvalue weighted by Gasteiger charge is -2.06. The van der Waals surface area contributed by atoms with Gasteiger partial charge in [-0.2, -0.15) is 0 Å². The third-order valence-electron chi connectivity index (χ3n) is 1.86. The van der Waals surface area contributed by atoms with Crippen LogP contribution in [0.5, 0.6) is 5.75 Å². The summed E-state index contributed by atoms with van der Waals surface area (Å²) in [5.74, 6) is 0.579. The molecule has 70 valence electrons. The topological polar surface area (TPSA) is 42.4 Å². The molecule has 1 saturated carbocycles. The minimum atomic E-state index is -0.0365. The van der Waals surface area contributed by atoms with Crippen LogP contribution in [-0.4, -0.2) is 16.2 Å². The molecule has 13 heavy (non-hydrogen) atoms. The fraction of sp³-hybridized carbons (Fsp3) is 0.444. The van der Waals surface area contributed by atoms with Crippen molar-refractivity contribution in [2.75, 3.05) is 0 Å². The Morgan fingerprint density at radius 3 is 3.00 bits per heavy atom. The van der Waals surface area contributed by atoms with Crippen molar-refractivity contribution >= 4 is 11.6 Å². The van der Waals surface area contributed by atoms with E-state index in [2.05, 4.69) is 4.98 Å². The maximum absolute atomic E-state index is 8.86.